The number of fused-ring (bicyclic) bond motifs is 1. The average molecular weight is 337 g/mol. The fourth-order valence-corrected chi connectivity index (χ4v) is 2.93. The summed E-state index contributed by atoms with van der Waals surface area (Å²) < 4.78 is 13.0. The highest BCUT2D eigenvalue weighted by Crippen LogP contribution is 2.29. The van der Waals surface area contributed by atoms with Crippen molar-refractivity contribution in [2.24, 2.45) is 0 Å². The molecule has 0 fully saturated rings. The largest absolute Gasteiger partial charge is 0.494 e. The molecule has 1 heterocycles. The van der Waals surface area contributed by atoms with Crippen molar-refractivity contribution in [3.8, 4) is 11.5 Å². The van der Waals surface area contributed by atoms with Gasteiger partial charge >= 0.3 is 0 Å². The second-order valence-electron chi connectivity index (χ2n) is 5.92. The van der Waals surface area contributed by atoms with Crippen molar-refractivity contribution in [3.63, 3.8) is 0 Å². The normalized spacial score (nSPS) is 10.8. The molecule has 0 N–H and O–H groups in total. The van der Waals surface area contributed by atoms with E-state index in [0.717, 1.165) is 34.5 Å². The van der Waals surface area contributed by atoms with Crippen LogP contribution in [0.2, 0.25) is 0 Å². The third kappa shape index (κ3) is 3.38. The summed E-state index contributed by atoms with van der Waals surface area (Å²) in [5.74, 6) is 1.53. The fraction of sp³-hybridized carbons (Fsp3) is 0.286. The maximum atomic E-state index is 13.0. The van der Waals surface area contributed by atoms with Crippen molar-refractivity contribution in [3.05, 3.63) is 59.8 Å². The van der Waals surface area contributed by atoms with Gasteiger partial charge in [-0.25, -0.2) is 0 Å². The van der Waals surface area contributed by atoms with Gasteiger partial charge in [0.05, 0.1) is 18.7 Å². The summed E-state index contributed by atoms with van der Waals surface area (Å²) in [6.07, 6.45) is 0.956. The standard InChI is InChI=1S/C21H23NO3/c1-4-13-25-17-11-9-16(10-12-17)21(23)22-15(3)14-18-19(22)7-6-8-20(18)24-5-2/h6-12,14H,4-5,13H2,1-3H3. The number of ether oxygens (including phenoxy) is 2. The van der Waals surface area contributed by atoms with E-state index in [-0.39, 0.29) is 5.91 Å². The average Bonchev–Trinajstić information content (AvgIpc) is 2.97. The molecule has 0 bridgehead atoms. The number of rotatable bonds is 6. The molecule has 25 heavy (non-hydrogen) atoms. The Morgan fingerprint density at radius 2 is 1.80 bits per heavy atom. The van der Waals surface area contributed by atoms with Crippen molar-refractivity contribution < 1.29 is 14.3 Å². The van der Waals surface area contributed by atoms with E-state index in [1.807, 2.05) is 62.4 Å². The molecule has 0 saturated heterocycles. The zero-order valence-corrected chi connectivity index (χ0v) is 14.9. The van der Waals surface area contributed by atoms with Crippen molar-refractivity contribution in [2.45, 2.75) is 27.2 Å². The fourth-order valence-electron chi connectivity index (χ4n) is 2.93. The van der Waals surface area contributed by atoms with Gasteiger partial charge < -0.3 is 9.47 Å². The summed E-state index contributed by atoms with van der Waals surface area (Å²) in [5.41, 5.74) is 2.38. The molecule has 0 amide bonds. The number of carbonyl (C=O) groups excluding carboxylic acids is 1. The quantitative estimate of drug-likeness (QED) is 0.647. The van der Waals surface area contributed by atoms with E-state index in [0.29, 0.717) is 18.8 Å². The van der Waals surface area contributed by atoms with Gasteiger partial charge in [0.2, 0.25) is 0 Å². The van der Waals surface area contributed by atoms with Gasteiger partial charge in [0.1, 0.15) is 11.5 Å². The predicted molar refractivity (Wildman–Crippen MR) is 99.8 cm³/mol. The Hall–Kier alpha value is -2.75. The molecule has 3 aromatic rings. The molecule has 4 nitrogen and oxygen atoms in total. The number of nitrogens with zero attached hydrogens (tertiary/aromatic N) is 1. The van der Waals surface area contributed by atoms with Crippen LogP contribution in [0.25, 0.3) is 10.9 Å². The van der Waals surface area contributed by atoms with E-state index in [1.165, 1.54) is 0 Å². The highest BCUT2D eigenvalue weighted by molar-refractivity contribution is 6.04. The minimum Gasteiger partial charge on any atom is -0.494 e. The Labute approximate surface area is 148 Å². The van der Waals surface area contributed by atoms with Crippen LogP contribution in [0.15, 0.2) is 48.5 Å². The molecule has 0 spiro atoms. The lowest BCUT2D eigenvalue weighted by Crippen LogP contribution is -2.13. The topological polar surface area (TPSA) is 40.5 Å². The predicted octanol–water partition coefficient (Wildman–Crippen LogP) is 4.83. The summed E-state index contributed by atoms with van der Waals surface area (Å²) in [7, 11) is 0. The second kappa shape index (κ2) is 7.43. The van der Waals surface area contributed by atoms with Crippen LogP contribution in [0, 0.1) is 6.92 Å². The van der Waals surface area contributed by atoms with E-state index in [2.05, 4.69) is 6.92 Å². The first kappa shape index (κ1) is 17.1. The Kier molecular flexibility index (Phi) is 5.08. The third-order valence-electron chi connectivity index (χ3n) is 4.07. The molecule has 3 rings (SSSR count). The number of aromatic nitrogens is 1. The molecule has 0 saturated carbocycles. The Morgan fingerprint density at radius 1 is 1.04 bits per heavy atom. The molecular formula is C21H23NO3. The van der Waals surface area contributed by atoms with Crippen molar-refractivity contribution in [1.82, 2.24) is 4.57 Å². The van der Waals surface area contributed by atoms with E-state index >= 15 is 0 Å². The molecule has 2 aromatic carbocycles. The first-order valence-corrected chi connectivity index (χ1v) is 8.67. The zero-order chi connectivity index (χ0) is 17.8. The smallest absolute Gasteiger partial charge is 0.262 e. The van der Waals surface area contributed by atoms with Gasteiger partial charge in [0.15, 0.2) is 0 Å². The maximum Gasteiger partial charge on any atom is 0.262 e. The highest BCUT2D eigenvalue weighted by atomic mass is 16.5. The Balaban J connectivity index is 1.97. The number of hydrogen-bond donors (Lipinski definition) is 0. The van der Waals surface area contributed by atoms with Gasteiger partial charge in [0.25, 0.3) is 5.91 Å². The van der Waals surface area contributed by atoms with Crippen LogP contribution in [-0.2, 0) is 0 Å². The van der Waals surface area contributed by atoms with E-state index in [9.17, 15) is 4.79 Å². The monoisotopic (exact) mass is 337 g/mol. The molecule has 0 aliphatic heterocycles. The van der Waals surface area contributed by atoms with Gasteiger partial charge in [-0.2, -0.15) is 0 Å². The number of aryl methyl sites for hydroxylation is 1. The van der Waals surface area contributed by atoms with Crippen LogP contribution >= 0.6 is 0 Å². The van der Waals surface area contributed by atoms with Crippen molar-refractivity contribution in [1.29, 1.82) is 0 Å². The molecule has 130 valence electrons. The van der Waals surface area contributed by atoms with Crippen molar-refractivity contribution >= 4 is 16.8 Å². The zero-order valence-electron chi connectivity index (χ0n) is 14.9. The van der Waals surface area contributed by atoms with Gasteiger partial charge in [-0.1, -0.05) is 13.0 Å². The molecule has 0 radical (unpaired) electrons. The van der Waals surface area contributed by atoms with Gasteiger partial charge in [0, 0.05) is 16.6 Å². The lowest BCUT2D eigenvalue weighted by atomic mass is 10.2. The van der Waals surface area contributed by atoms with E-state index < -0.39 is 0 Å². The van der Waals surface area contributed by atoms with E-state index in [1.54, 1.807) is 4.57 Å². The SMILES string of the molecule is CCCOc1ccc(C(=O)n2c(C)cc3c(OCC)cccc32)cc1. The minimum atomic E-state index is -0.0526. The van der Waals surface area contributed by atoms with E-state index in [4.69, 9.17) is 9.47 Å². The Bertz CT molecular complexity index is 878. The summed E-state index contributed by atoms with van der Waals surface area (Å²) in [4.78, 5) is 13.0. The molecule has 1 aromatic heterocycles. The molecule has 4 heteroatoms. The first-order valence-electron chi connectivity index (χ1n) is 8.67. The highest BCUT2D eigenvalue weighted by Gasteiger charge is 2.16. The Morgan fingerprint density at radius 3 is 2.48 bits per heavy atom. The molecule has 0 aliphatic carbocycles. The lowest BCUT2D eigenvalue weighted by Gasteiger charge is -2.09. The molecule has 0 aliphatic rings. The van der Waals surface area contributed by atoms with Crippen LogP contribution in [0.1, 0.15) is 36.3 Å². The lowest BCUT2D eigenvalue weighted by molar-refractivity contribution is 0.0963. The van der Waals surface area contributed by atoms with Crippen LogP contribution < -0.4 is 9.47 Å². The van der Waals surface area contributed by atoms with Crippen LogP contribution in [0.3, 0.4) is 0 Å². The third-order valence-corrected chi connectivity index (χ3v) is 4.07. The number of benzene rings is 2. The summed E-state index contributed by atoms with van der Waals surface area (Å²) >= 11 is 0. The van der Waals surface area contributed by atoms with Crippen LogP contribution in [-0.4, -0.2) is 23.7 Å². The number of hydrogen-bond acceptors (Lipinski definition) is 3. The molecular weight excluding hydrogens is 314 g/mol. The molecule has 0 atom stereocenters. The van der Waals surface area contributed by atoms with Gasteiger partial charge in [-0.05, 0) is 62.7 Å². The minimum absolute atomic E-state index is 0.0526. The first-order chi connectivity index (χ1) is 12.2. The van der Waals surface area contributed by atoms with Crippen molar-refractivity contribution in [2.75, 3.05) is 13.2 Å². The van der Waals surface area contributed by atoms with Gasteiger partial charge in [-0.15, -0.1) is 0 Å². The maximum absolute atomic E-state index is 13.0. The van der Waals surface area contributed by atoms with Crippen LogP contribution in [0.5, 0.6) is 11.5 Å². The summed E-state index contributed by atoms with van der Waals surface area (Å²) in [6.45, 7) is 7.22. The number of carbonyl (C=O) groups is 1. The summed E-state index contributed by atoms with van der Waals surface area (Å²) in [6, 6.07) is 15.1. The summed E-state index contributed by atoms with van der Waals surface area (Å²) in [5, 5.41) is 0.957. The second-order valence-corrected chi connectivity index (χ2v) is 5.92. The molecule has 0 unspecified atom stereocenters. The van der Waals surface area contributed by atoms with Gasteiger partial charge in [-0.3, -0.25) is 9.36 Å². The van der Waals surface area contributed by atoms with Crippen LogP contribution in [0.4, 0.5) is 0 Å².